The predicted octanol–water partition coefficient (Wildman–Crippen LogP) is 1.77. The van der Waals surface area contributed by atoms with E-state index in [9.17, 15) is 14.4 Å². The van der Waals surface area contributed by atoms with Gasteiger partial charge in [0.1, 0.15) is 0 Å². The number of fused-ring (bicyclic) bond motifs is 5. The first-order chi connectivity index (χ1) is 10.6. The molecule has 2 saturated carbocycles. The zero-order chi connectivity index (χ0) is 15.3. The Morgan fingerprint density at radius 2 is 1.64 bits per heavy atom. The maximum absolute atomic E-state index is 12.4. The van der Waals surface area contributed by atoms with Crippen molar-refractivity contribution in [2.45, 2.75) is 44.6 Å². The van der Waals surface area contributed by atoms with Crippen molar-refractivity contribution < 1.29 is 19.2 Å². The van der Waals surface area contributed by atoms with Gasteiger partial charge < -0.3 is 10.2 Å². The van der Waals surface area contributed by atoms with Crippen molar-refractivity contribution in [3.8, 4) is 0 Å². The summed E-state index contributed by atoms with van der Waals surface area (Å²) in [5, 5.41) is 3.48. The van der Waals surface area contributed by atoms with Crippen LogP contribution in [0.5, 0.6) is 0 Å². The van der Waals surface area contributed by atoms with Gasteiger partial charge in [-0.15, -0.1) is 5.06 Å². The molecule has 6 nitrogen and oxygen atoms in total. The zero-order valence-electron chi connectivity index (χ0n) is 12.4. The fraction of sp³-hybridized carbons (Fsp3) is 0.688. The molecule has 2 bridgehead atoms. The summed E-state index contributed by atoms with van der Waals surface area (Å²) in [4.78, 5) is 41.8. The van der Waals surface area contributed by atoms with Gasteiger partial charge in [-0.2, -0.15) is 0 Å². The number of hydrogen-bond acceptors (Lipinski definition) is 4. The van der Waals surface area contributed by atoms with E-state index in [-0.39, 0.29) is 41.5 Å². The second kappa shape index (κ2) is 5.11. The van der Waals surface area contributed by atoms with Crippen molar-refractivity contribution in [2.75, 3.05) is 0 Å². The molecule has 4 rings (SSSR count). The molecule has 6 heteroatoms. The quantitative estimate of drug-likeness (QED) is 0.623. The summed E-state index contributed by atoms with van der Waals surface area (Å²) in [6, 6.07) is 0.0893. The van der Waals surface area contributed by atoms with Crippen LogP contribution in [0.3, 0.4) is 0 Å². The Kier molecular flexibility index (Phi) is 3.20. The molecule has 3 aliphatic carbocycles. The molecule has 0 unspecified atom stereocenters. The van der Waals surface area contributed by atoms with Crippen LogP contribution in [0.1, 0.15) is 38.5 Å². The van der Waals surface area contributed by atoms with Crippen LogP contribution in [0.25, 0.3) is 0 Å². The van der Waals surface area contributed by atoms with Crippen LogP contribution in [0.2, 0.25) is 0 Å². The number of amides is 3. The molecule has 3 amide bonds. The molecule has 1 saturated heterocycles. The highest BCUT2D eigenvalue weighted by Crippen LogP contribution is 2.52. The van der Waals surface area contributed by atoms with Crippen LogP contribution in [0.4, 0.5) is 4.79 Å². The lowest BCUT2D eigenvalue weighted by Crippen LogP contribution is -2.43. The summed E-state index contributed by atoms with van der Waals surface area (Å²) in [5.41, 5.74) is 0. The highest BCUT2D eigenvalue weighted by molar-refractivity contribution is 6.06. The Bertz CT molecular complexity index is 522. The molecular weight excluding hydrogens is 284 g/mol. The minimum atomic E-state index is -0.686. The van der Waals surface area contributed by atoms with Gasteiger partial charge in [0.15, 0.2) is 0 Å². The molecule has 0 aromatic carbocycles. The Hall–Kier alpha value is -1.85. The predicted molar refractivity (Wildman–Crippen MR) is 76.1 cm³/mol. The van der Waals surface area contributed by atoms with E-state index in [1.165, 1.54) is 6.42 Å². The smallest absolute Gasteiger partial charge is 0.317 e. The van der Waals surface area contributed by atoms with Crippen LogP contribution in [0, 0.1) is 23.7 Å². The van der Waals surface area contributed by atoms with Crippen LogP contribution >= 0.6 is 0 Å². The molecular formula is C16H20N2O4. The van der Waals surface area contributed by atoms with Gasteiger partial charge in [0, 0.05) is 6.04 Å². The average molecular weight is 304 g/mol. The lowest BCUT2D eigenvalue weighted by molar-refractivity contribution is -0.174. The molecule has 3 fully saturated rings. The third-order valence-electron chi connectivity index (χ3n) is 5.53. The second-order valence-corrected chi connectivity index (χ2v) is 6.83. The van der Waals surface area contributed by atoms with Crippen molar-refractivity contribution >= 4 is 17.9 Å². The maximum Gasteiger partial charge on any atom is 0.432 e. The number of nitrogens with zero attached hydrogens (tertiary/aromatic N) is 1. The third-order valence-corrected chi connectivity index (χ3v) is 5.53. The molecule has 0 aromatic rings. The van der Waals surface area contributed by atoms with Gasteiger partial charge in [-0.25, -0.2) is 4.79 Å². The van der Waals surface area contributed by atoms with E-state index in [1.54, 1.807) is 0 Å². The fourth-order valence-electron chi connectivity index (χ4n) is 4.49. The van der Waals surface area contributed by atoms with Gasteiger partial charge in [-0.3, -0.25) is 9.59 Å². The van der Waals surface area contributed by atoms with Gasteiger partial charge in [-0.05, 0) is 31.1 Å². The van der Waals surface area contributed by atoms with Gasteiger partial charge in [0.25, 0.3) is 11.8 Å². The molecule has 118 valence electrons. The van der Waals surface area contributed by atoms with Crippen molar-refractivity contribution in [2.24, 2.45) is 23.7 Å². The maximum atomic E-state index is 12.4. The van der Waals surface area contributed by atoms with E-state index < -0.39 is 6.09 Å². The number of hydroxylamine groups is 2. The normalized spacial score (nSPS) is 36.8. The monoisotopic (exact) mass is 304 g/mol. The van der Waals surface area contributed by atoms with Crippen molar-refractivity contribution in [3.63, 3.8) is 0 Å². The van der Waals surface area contributed by atoms with Crippen molar-refractivity contribution in [3.05, 3.63) is 12.2 Å². The van der Waals surface area contributed by atoms with Gasteiger partial charge >= 0.3 is 6.09 Å². The molecule has 1 heterocycles. The lowest BCUT2D eigenvalue weighted by atomic mass is 9.85. The molecule has 0 aromatic heterocycles. The molecule has 4 aliphatic rings. The highest BCUT2D eigenvalue weighted by atomic mass is 16.7. The van der Waals surface area contributed by atoms with Crippen LogP contribution < -0.4 is 5.32 Å². The van der Waals surface area contributed by atoms with Gasteiger partial charge in [0.05, 0.1) is 11.8 Å². The van der Waals surface area contributed by atoms with E-state index in [0.717, 1.165) is 32.1 Å². The number of allylic oxidation sites excluding steroid dienone is 2. The standard InChI is InChI=1S/C16H20N2O4/c19-14-12-9-6-7-10(8-9)13(12)15(20)18(14)22-16(21)17-11-4-2-1-3-5-11/h6-7,9-13H,1-5,8H2,(H,17,21)/t9-,10-,12-,13-/m0/s1. The lowest BCUT2D eigenvalue weighted by Gasteiger charge is -2.23. The number of carbonyl (C=O) groups is 3. The highest BCUT2D eigenvalue weighted by Gasteiger charge is 2.60. The number of carbonyl (C=O) groups excluding carboxylic acids is 3. The van der Waals surface area contributed by atoms with E-state index in [0.29, 0.717) is 5.06 Å². The first kappa shape index (κ1) is 13.8. The molecule has 0 spiro atoms. The summed E-state index contributed by atoms with van der Waals surface area (Å²) in [5.74, 6) is -1.12. The largest absolute Gasteiger partial charge is 0.432 e. The first-order valence-corrected chi connectivity index (χ1v) is 8.20. The van der Waals surface area contributed by atoms with E-state index in [4.69, 9.17) is 4.84 Å². The zero-order valence-corrected chi connectivity index (χ0v) is 12.4. The van der Waals surface area contributed by atoms with E-state index in [2.05, 4.69) is 5.32 Å². The summed E-state index contributed by atoms with van der Waals surface area (Å²) < 4.78 is 0. The minimum absolute atomic E-state index is 0.0893. The Morgan fingerprint density at radius 1 is 1.05 bits per heavy atom. The number of imide groups is 1. The fourth-order valence-corrected chi connectivity index (χ4v) is 4.49. The molecule has 22 heavy (non-hydrogen) atoms. The number of rotatable bonds is 2. The summed E-state index contributed by atoms with van der Waals surface area (Å²) in [6.45, 7) is 0. The van der Waals surface area contributed by atoms with Crippen molar-refractivity contribution in [1.29, 1.82) is 0 Å². The van der Waals surface area contributed by atoms with Crippen LogP contribution in [0.15, 0.2) is 12.2 Å². The number of nitrogens with one attached hydrogen (secondary N) is 1. The summed E-state index contributed by atoms with van der Waals surface area (Å²) in [6.07, 6.45) is 9.44. The average Bonchev–Trinajstić information content (AvgIpc) is 3.18. The van der Waals surface area contributed by atoms with Crippen molar-refractivity contribution in [1.82, 2.24) is 10.4 Å². The SMILES string of the molecule is O=C(NC1CCCCC1)ON1C(=O)[C@@H]2[C@@H](C1=O)[C@H]1C=C[C@H]2C1. The molecule has 0 radical (unpaired) electrons. The molecule has 1 N–H and O–H groups in total. The van der Waals surface area contributed by atoms with E-state index in [1.807, 2.05) is 12.2 Å². The Balaban J connectivity index is 1.40. The van der Waals surface area contributed by atoms with E-state index >= 15 is 0 Å². The summed E-state index contributed by atoms with van der Waals surface area (Å²) in [7, 11) is 0. The van der Waals surface area contributed by atoms with Crippen LogP contribution in [-0.2, 0) is 14.4 Å². The topological polar surface area (TPSA) is 75.7 Å². The molecule has 1 aliphatic heterocycles. The van der Waals surface area contributed by atoms with Crippen LogP contribution in [-0.4, -0.2) is 29.0 Å². The summed E-state index contributed by atoms with van der Waals surface area (Å²) >= 11 is 0. The third kappa shape index (κ3) is 2.04. The second-order valence-electron chi connectivity index (χ2n) is 6.83. The first-order valence-electron chi connectivity index (χ1n) is 8.20. The van der Waals surface area contributed by atoms with Gasteiger partial charge in [0.2, 0.25) is 0 Å². The molecule has 4 atom stereocenters. The Morgan fingerprint density at radius 3 is 2.23 bits per heavy atom. The number of hydrogen-bond donors (Lipinski definition) is 1. The Labute approximate surface area is 128 Å². The van der Waals surface area contributed by atoms with Gasteiger partial charge in [-0.1, -0.05) is 31.4 Å². The minimum Gasteiger partial charge on any atom is -0.317 e.